The number of rotatable bonds is 4. The summed E-state index contributed by atoms with van der Waals surface area (Å²) < 4.78 is 22.6. The Hall–Kier alpha value is -4.46. The lowest BCUT2D eigenvalue weighted by Gasteiger charge is -2.28. The van der Waals surface area contributed by atoms with Crippen molar-refractivity contribution in [3.63, 3.8) is 0 Å². The van der Waals surface area contributed by atoms with E-state index in [1.807, 2.05) is 12.1 Å². The van der Waals surface area contributed by atoms with Gasteiger partial charge in [-0.3, -0.25) is 14.5 Å². The lowest BCUT2D eigenvalue weighted by Crippen LogP contribution is -2.30. The molecule has 3 aromatic rings. The molecular formula is C29H25NO7. The van der Waals surface area contributed by atoms with Crippen LogP contribution in [0.3, 0.4) is 0 Å². The number of nitrogens with zero attached hydrogens (tertiary/aromatic N) is 1. The molecule has 0 aromatic heterocycles. The highest BCUT2D eigenvalue weighted by atomic mass is 16.6. The Balaban J connectivity index is 1.54. The SMILES string of the molecule is COc1ccccc1C1/C(=C(\O)c2ccc3c(c2)CCCO3)C(=O)C(=O)N1c1ccc2c(c1)OCCO2. The number of fused-ring (bicyclic) bond motifs is 2. The lowest BCUT2D eigenvalue weighted by atomic mass is 9.93. The number of ether oxygens (including phenoxy) is 4. The molecule has 1 unspecified atom stereocenters. The van der Waals surface area contributed by atoms with Gasteiger partial charge in [-0.05, 0) is 54.8 Å². The van der Waals surface area contributed by atoms with E-state index in [0.29, 0.717) is 53.9 Å². The summed E-state index contributed by atoms with van der Waals surface area (Å²) in [5, 5.41) is 11.5. The summed E-state index contributed by atoms with van der Waals surface area (Å²) in [7, 11) is 1.53. The summed E-state index contributed by atoms with van der Waals surface area (Å²) in [5.41, 5.74) is 2.40. The molecule has 0 spiro atoms. The van der Waals surface area contributed by atoms with Gasteiger partial charge in [0.2, 0.25) is 0 Å². The predicted molar refractivity (Wildman–Crippen MR) is 135 cm³/mol. The molecule has 1 saturated heterocycles. The molecule has 0 aliphatic carbocycles. The van der Waals surface area contributed by atoms with E-state index in [9.17, 15) is 14.7 Å². The van der Waals surface area contributed by atoms with E-state index in [4.69, 9.17) is 18.9 Å². The van der Waals surface area contributed by atoms with Crippen molar-refractivity contribution in [2.24, 2.45) is 0 Å². The molecule has 6 rings (SSSR count). The number of para-hydroxylation sites is 1. The average molecular weight is 500 g/mol. The molecule has 37 heavy (non-hydrogen) atoms. The molecule has 3 aliphatic heterocycles. The number of hydrogen-bond acceptors (Lipinski definition) is 7. The molecule has 3 aromatic carbocycles. The first-order valence-corrected chi connectivity index (χ1v) is 12.2. The molecule has 1 atom stereocenters. The minimum absolute atomic E-state index is 0.0129. The maximum Gasteiger partial charge on any atom is 0.300 e. The van der Waals surface area contributed by atoms with Crippen LogP contribution < -0.4 is 23.8 Å². The number of amides is 1. The highest BCUT2D eigenvalue weighted by Crippen LogP contribution is 2.46. The minimum atomic E-state index is -0.925. The van der Waals surface area contributed by atoms with Crippen LogP contribution in [0.25, 0.3) is 5.76 Å². The Morgan fingerprint density at radius 2 is 1.68 bits per heavy atom. The zero-order chi connectivity index (χ0) is 25.5. The van der Waals surface area contributed by atoms with Crippen LogP contribution in [0.4, 0.5) is 5.69 Å². The number of carbonyl (C=O) groups excluding carboxylic acids is 2. The smallest absolute Gasteiger partial charge is 0.300 e. The normalized spacial score (nSPS) is 19.8. The van der Waals surface area contributed by atoms with E-state index in [2.05, 4.69) is 0 Å². The van der Waals surface area contributed by atoms with Crippen LogP contribution in [0.5, 0.6) is 23.0 Å². The zero-order valence-corrected chi connectivity index (χ0v) is 20.2. The Kier molecular flexibility index (Phi) is 5.71. The number of aliphatic hydroxyl groups is 1. The molecule has 0 saturated carbocycles. The number of Topliss-reactive ketones (excluding diaryl/α,β-unsaturated/α-hetero) is 1. The van der Waals surface area contributed by atoms with Crippen LogP contribution >= 0.6 is 0 Å². The summed E-state index contributed by atoms with van der Waals surface area (Å²) in [6.07, 6.45) is 1.67. The second kappa shape index (κ2) is 9.20. The third-order valence-corrected chi connectivity index (χ3v) is 6.86. The van der Waals surface area contributed by atoms with Crippen molar-refractivity contribution in [2.75, 3.05) is 31.8 Å². The van der Waals surface area contributed by atoms with Crippen LogP contribution in [0.15, 0.2) is 66.2 Å². The number of anilines is 1. The van der Waals surface area contributed by atoms with Gasteiger partial charge in [0.1, 0.15) is 30.5 Å². The zero-order valence-electron chi connectivity index (χ0n) is 20.2. The second-order valence-corrected chi connectivity index (χ2v) is 9.01. The largest absolute Gasteiger partial charge is 0.507 e. The first-order valence-electron chi connectivity index (χ1n) is 12.2. The van der Waals surface area contributed by atoms with Crippen LogP contribution in [-0.4, -0.2) is 43.7 Å². The highest BCUT2D eigenvalue weighted by Gasteiger charge is 2.48. The summed E-state index contributed by atoms with van der Waals surface area (Å²) in [4.78, 5) is 28.4. The number of methoxy groups -OCH3 is 1. The number of ketones is 1. The van der Waals surface area contributed by atoms with E-state index < -0.39 is 17.7 Å². The lowest BCUT2D eigenvalue weighted by molar-refractivity contribution is -0.132. The monoisotopic (exact) mass is 499 g/mol. The number of benzene rings is 3. The van der Waals surface area contributed by atoms with Gasteiger partial charge in [0.15, 0.2) is 11.5 Å². The first kappa shape index (κ1) is 23.0. The fourth-order valence-corrected chi connectivity index (χ4v) is 5.13. The van der Waals surface area contributed by atoms with Crippen molar-refractivity contribution in [2.45, 2.75) is 18.9 Å². The Morgan fingerprint density at radius 1 is 0.919 bits per heavy atom. The predicted octanol–water partition coefficient (Wildman–Crippen LogP) is 4.42. The van der Waals surface area contributed by atoms with Crippen LogP contribution in [0.2, 0.25) is 0 Å². The van der Waals surface area contributed by atoms with Crippen LogP contribution in [-0.2, 0) is 16.0 Å². The fraction of sp³-hybridized carbons (Fsp3) is 0.241. The van der Waals surface area contributed by atoms with Crippen LogP contribution in [0.1, 0.15) is 29.2 Å². The number of aliphatic hydroxyl groups excluding tert-OH is 1. The van der Waals surface area contributed by atoms with E-state index in [1.54, 1.807) is 48.5 Å². The van der Waals surface area contributed by atoms with Crippen molar-refractivity contribution in [3.8, 4) is 23.0 Å². The number of carbonyl (C=O) groups is 2. The standard InChI is InChI=1S/C29H25NO7/c1-34-22-7-3-2-6-20(22)26-25(27(31)18-8-10-21-17(15-18)5-4-12-35-21)28(32)29(33)30(26)19-9-11-23-24(16-19)37-14-13-36-23/h2-3,6-11,15-16,26,31H,4-5,12-14H2,1H3/b27-25+. The summed E-state index contributed by atoms with van der Waals surface area (Å²) >= 11 is 0. The Morgan fingerprint density at radius 3 is 2.51 bits per heavy atom. The van der Waals surface area contributed by atoms with Gasteiger partial charge in [-0.1, -0.05) is 18.2 Å². The summed E-state index contributed by atoms with van der Waals surface area (Å²) in [6.45, 7) is 1.46. The average Bonchev–Trinajstić information content (AvgIpc) is 3.21. The summed E-state index contributed by atoms with van der Waals surface area (Å²) in [5.74, 6) is 0.522. The molecule has 8 heteroatoms. The van der Waals surface area contributed by atoms with Gasteiger partial charge in [0, 0.05) is 22.9 Å². The second-order valence-electron chi connectivity index (χ2n) is 9.01. The topological polar surface area (TPSA) is 94.5 Å². The van der Waals surface area contributed by atoms with Gasteiger partial charge in [0.25, 0.3) is 11.7 Å². The van der Waals surface area contributed by atoms with Gasteiger partial charge < -0.3 is 24.1 Å². The van der Waals surface area contributed by atoms with E-state index >= 15 is 0 Å². The van der Waals surface area contributed by atoms with E-state index in [-0.39, 0.29) is 11.3 Å². The molecular weight excluding hydrogens is 474 g/mol. The van der Waals surface area contributed by atoms with Crippen molar-refractivity contribution >= 4 is 23.1 Å². The van der Waals surface area contributed by atoms with Crippen molar-refractivity contribution in [1.82, 2.24) is 0 Å². The third kappa shape index (κ3) is 3.85. The highest BCUT2D eigenvalue weighted by molar-refractivity contribution is 6.51. The van der Waals surface area contributed by atoms with Crippen molar-refractivity contribution in [3.05, 3.63) is 82.9 Å². The Bertz CT molecular complexity index is 1440. The quantitative estimate of drug-likeness (QED) is 0.323. The molecule has 1 amide bonds. The van der Waals surface area contributed by atoms with Crippen molar-refractivity contribution in [1.29, 1.82) is 0 Å². The van der Waals surface area contributed by atoms with Crippen LogP contribution in [0, 0.1) is 0 Å². The minimum Gasteiger partial charge on any atom is -0.507 e. The summed E-state index contributed by atoms with van der Waals surface area (Å²) in [6, 6.07) is 16.6. The van der Waals surface area contributed by atoms with Gasteiger partial charge in [-0.25, -0.2) is 0 Å². The Labute approximate surface area is 213 Å². The number of aryl methyl sites for hydroxylation is 1. The maximum absolute atomic E-state index is 13.5. The molecule has 188 valence electrons. The maximum atomic E-state index is 13.5. The molecule has 1 N–H and O–H groups in total. The molecule has 0 bridgehead atoms. The molecule has 1 fully saturated rings. The first-order chi connectivity index (χ1) is 18.1. The molecule has 3 heterocycles. The number of hydrogen-bond donors (Lipinski definition) is 1. The van der Waals surface area contributed by atoms with Gasteiger partial charge in [-0.2, -0.15) is 0 Å². The van der Waals surface area contributed by atoms with Gasteiger partial charge in [0.05, 0.1) is 25.3 Å². The molecule has 0 radical (unpaired) electrons. The molecule has 8 nitrogen and oxygen atoms in total. The molecule has 3 aliphatic rings. The van der Waals surface area contributed by atoms with E-state index in [1.165, 1.54) is 12.0 Å². The fourth-order valence-electron chi connectivity index (χ4n) is 5.13. The van der Waals surface area contributed by atoms with Gasteiger partial charge >= 0.3 is 0 Å². The third-order valence-electron chi connectivity index (χ3n) is 6.86. The van der Waals surface area contributed by atoms with Crippen molar-refractivity contribution < 1.29 is 33.6 Å². The van der Waals surface area contributed by atoms with E-state index in [0.717, 1.165) is 24.2 Å². The van der Waals surface area contributed by atoms with Gasteiger partial charge in [-0.15, -0.1) is 0 Å².